The Morgan fingerprint density at radius 2 is 1.59 bits per heavy atom. The molecule has 152 valence electrons. The molecule has 0 bridgehead atoms. The SMILES string of the molecule is Cl.Cl.Fc1ccc2[nH]cc(C3CCN(CCCN4CCCCC4)CC3)c2c1. The van der Waals surface area contributed by atoms with Gasteiger partial charge in [0.25, 0.3) is 0 Å². The van der Waals surface area contributed by atoms with E-state index in [1.54, 1.807) is 6.07 Å². The van der Waals surface area contributed by atoms with Crippen LogP contribution < -0.4 is 0 Å². The fourth-order valence-electron chi connectivity index (χ4n) is 4.62. The smallest absolute Gasteiger partial charge is 0.123 e. The lowest BCUT2D eigenvalue weighted by Gasteiger charge is -2.33. The molecule has 0 spiro atoms. The van der Waals surface area contributed by atoms with Crippen molar-refractivity contribution in [2.75, 3.05) is 39.3 Å². The molecule has 0 saturated carbocycles. The van der Waals surface area contributed by atoms with Crippen molar-refractivity contribution in [3.63, 3.8) is 0 Å². The number of halogens is 3. The molecular weight excluding hydrogens is 384 g/mol. The number of rotatable bonds is 5. The van der Waals surface area contributed by atoms with Crippen molar-refractivity contribution in [2.24, 2.45) is 0 Å². The molecule has 3 nitrogen and oxygen atoms in total. The predicted molar refractivity (Wildman–Crippen MR) is 116 cm³/mol. The number of aromatic amines is 1. The Morgan fingerprint density at radius 1 is 0.926 bits per heavy atom. The van der Waals surface area contributed by atoms with E-state index in [0.29, 0.717) is 5.92 Å². The van der Waals surface area contributed by atoms with E-state index < -0.39 is 0 Å². The zero-order valence-electron chi connectivity index (χ0n) is 16.0. The van der Waals surface area contributed by atoms with Crippen molar-refractivity contribution >= 4 is 35.7 Å². The van der Waals surface area contributed by atoms with Gasteiger partial charge in [-0.05, 0) is 101 Å². The third kappa shape index (κ3) is 5.60. The minimum Gasteiger partial charge on any atom is -0.361 e. The number of nitrogens with zero attached hydrogens (tertiary/aromatic N) is 2. The van der Waals surface area contributed by atoms with Crippen LogP contribution in [-0.2, 0) is 0 Å². The Balaban J connectivity index is 0.00000131. The fourth-order valence-corrected chi connectivity index (χ4v) is 4.62. The molecule has 1 N–H and O–H groups in total. The quantitative estimate of drug-likeness (QED) is 0.723. The van der Waals surface area contributed by atoms with Gasteiger partial charge in [-0.2, -0.15) is 0 Å². The van der Waals surface area contributed by atoms with Crippen LogP contribution >= 0.6 is 24.8 Å². The second-order valence-electron chi connectivity index (χ2n) is 7.81. The largest absolute Gasteiger partial charge is 0.361 e. The van der Waals surface area contributed by atoms with Crippen LogP contribution in [0.1, 0.15) is 50.0 Å². The van der Waals surface area contributed by atoms with Crippen LogP contribution in [0.15, 0.2) is 24.4 Å². The Labute approximate surface area is 174 Å². The van der Waals surface area contributed by atoms with Crippen molar-refractivity contribution in [3.8, 4) is 0 Å². The van der Waals surface area contributed by atoms with E-state index in [-0.39, 0.29) is 30.6 Å². The molecule has 0 aliphatic carbocycles. The lowest BCUT2D eigenvalue weighted by Crippen LogP contribution is -2.36. The normalized spacial score (nSPS) is 19.6. The minimum absolute atomic E-state index is 0. The van der Waals surface area contributed by atoms with Crippen molar-refractivity contribution in [1.29, 1.82) is 0 Å². The number of likely N-dealkylation sites (tertiary alicyclic amines) is 2. The molecule has 0 radical (unpaired) electrons. The molecule has 2 aliphatic rings. The number of piperidine rings is 2. The first-order valence-electron chi connectivity index (χ1n) is 10.0. The summed E-state index contributed by atoms with van der Waals surface area (Å²) in [6.45, 7) is 7.45. The first-order chi connectivity index (χ1) is 12.3. The summed E-state index contributed by atoms with van der Waals surface area (Å²) in [6.07, 6.45) is 9.96. The third-order valence-corrected chi connectivity index (χ3v) is 6.10. The lowest BCUT2D eigenvalue weighted by molar-refractivity contribution is 0.181. The van der Waals surface area contributed by atoms with Gasteiger partial charge in [-0.1, -0.05) is 6.42 Å². The number of hydrogen-bond donors (Lipinski definition) is 1. The summed E-state index contributed by atoms with van der Waals surface area (Å²) in [5.74, 6) is 0.428. The Morgan fingerprint density at radius 3 is 2.30 bits per heavy atom. The molecule has 2 aliphatic heterocycles. The van der Waals surface area contributed by atoms with E-state index in [9.17, 15) is 4.39 Å². The Bertz CT molecular complexity index is 692. The summed E-state index contributed by atoms with van der Waals surface area (Å²) < 4.78 is 13.6. The van der Waals surface area contributed by atoms with Gasteiger partial charge in [0.15, 0.2) is 0 Å². The van der Waals surface area contributed by atoms with E-state index >= 15 is 0 Å². The number of hydrogen-bond acceptors (Lipinski definition) is 2. The number of benzene rings is 1. The maximum atomic E-state index is 13.6. The second-order valence-corrected chi connectivity index (χ2v) is 7.81. The molecule has 1 aromatic heterocycles. The highest BCUT2D eigenvalue weighted by Crippen LogP contribution is 2.33. The zero-order chi connectivity index (χ0) is 17.1. The summed E-state index contributed by atoms with van der Waals surface area (Å²) in [5, 5.41) is 1.07. The Hall–Kier alpha value is -0.810. The van der Waals surface area contributed by atoms with Crippen molar-refractivity contribution in [3.05, 3.63) is 35.8 Å². The highest BCUT2D eigenvalue weighted by atomic mass is 35.5. The molecule has 4 rings (SSSR count). The Kier molecular flexibility index (Phi) is 8.87. The van der Waals surface area contributed by atoms with E-state index in [4.69, 9.17) is 0 Å². The number of fused-ring (bicyclic) bond motifs is 1. The molecule has 27 heavy (non-hydrogen) atoms. The monoisotopic (exact) mass is 415 g/mol. The number of aromatic nitrogens is 1. The number of nitrogens with one attached hydrogen (secondary N) is 1. The van der Waals surface area contributed by atoms with Gasteiger partial charge in [0, 0.05) is 17.1 Å². The third-order valence-electron chi connectivity index (χ3n) is 6.10. The van der Waals surface area contributed by atoms with Crippen molar-refractivity contribution in [2.45, 2.75) is 44.4 Å². The van der Waals surface area contributed by atoms with Crippen LogP contribution in [-0.4, -0.2) is 54.1 Å². The summed E-state index contributed by atoms with van der Waals surface area (Å²) in [5.41, 5.74) is 2.36. The summed E-state index contributed by atoms with van der Waals surface area (Å²) in [6, 6.07) is 5.07. The maximum absolute atomic E-state index is 13.6. The van der Waals surface area contributed by atoms with Gasteiger partial charge in [0.2, 0.25) is 0 Å². The van der Waals surface area contributed by atoms with Gasteiger partial charge in [0.1, 0.15) is 5.82 Å². The molecule has 0 atom stereocenters. The minimum atomic E-state index is -0.136. The lowest BCUT2D eigenvalue weighted by atomic mass is 9.89. The van der Waals surface area contributed by atoms with Crippen LogP contribution in [0.5, 0.6) is 0 Å². The van der Waals surface area contributed by atoms with Crippen LogP contribution in [0.4, 0.5) is 4.39 Å². The first kappa shape index (κ1) is 22.5. The van der Waals surface area contributed by atoms with E-state index in [2.05, 4.69) is 21.0 Å². The highest BCUT2D eigenvalue weighted by molar-refractivity contribution is 5.85. The fraction of sp³-hybridized carbons (Fsp3) is 0.619. The van der Waals surface area contributed by atoms with Crippen LogP contribution in [0.25, 0.3) is 10.9 Å². The molecule has 0 unspecified atom stereocenters. The summed E-state index contributed by atoms with van der Waals surface area (Å²) in [4.78, 5) is 8.57. The second kappa shape index (κ2) is 10.7. The van der Waals surface area contributed by atoms with E-state index in [1.165, 1.54) is 89.4 Å². The number of H-pyrrole nitrogens is 1. The molecule has 2 fully saturated rings. The van der Waals surface area contributed by atoms with Crippen LogP contribution in [0.3, 0.4) is 0 Å². The van der Waals surface area contributed by atoms with Crippen LogP contribution in [0, 0.1) is 5.82 Å². The highest BCUT2D eigenvalue weighted by Gasteiger charge is 2.23. The summed E-state index contributed by atoms with van der Waals surface area (Å²) in [7, 11) is 0. The molecule has 2 saturated heterocycles. The predicted octanol–water partition coefficient (Wildman–Crippen LogP) is 5.21. The van der Waals surface area contributed by atoms with Gasteiger partial charge in [0.05, 0.1) is 0 Å². The molecule has 0 amide bonds. The van der Waals surface area contributed by atoms with E-state index in [0.717, 1.165) is 10.9 Å². The standard InChI is InChI=1S/C21H30FN3.2ClH/c22-18-5-6-21-19(15-18)20(16-23-21)17-7-13-25(14-8-17)12-4-11-24-9-2-1-3-10-24;;/h5-6,15-17,23H,1-4,7-14H2;2*1H. The molecular formula is C21H32Cl2FN3. The zero-order valence-corrected chi connectivity index (χ0v) is 17.6. The van der Waals surface area contributed by atoms with Gasteiger partial charge in [-0.15, -0.1) is 24.8 Å². The van der Waals surface area contributed by atoms with Gasteiger partial charge < -0.3 is 14.8 Å². The van der Waals surface area contributed by atoms with Gasteiger partial charge in [-0.3, -0.25) is 0 Å². The van der Waals surface area contributed by atoms with Crippen molar-refractivity contribution < 1.29 is 4.39 Å². The average Bonchev–Trinajstić information content (AvgIpc) is 3.06. The van der Waals surface area contributed by atoms with E-state index in [1.807, 2.05) is 6.07 Å². The molecule has 1 aromatic carbocycles. The van der Waals surface area contributed by atoms with Gasteiger partial charge >= 0.3 is 0 Å². The summed E-state index contributed by atoms with van der Waals surface area (Å²) >= 11 is 0. The molecule has 2 aromatic rings. The molecule has 6 heteroatoms. The van der Waals surface area contributed by atoms with Gasteiger partial charge in [-0.25, -0.2) is 4.39 Å². The average molecular weight is 416 g/mol. The molecule has 3 heterocycles. The van der Waals surface area contributed by atoms with Crippen molar-refractivity contribution in [1.82, 2.24) is 14.8 Å². The van der Waals surface area contributed by atoms with Crippen LogP contribution in [0.2, 0.25) is 0 Å². The topological polar surface area (TPSA) is 22.3 Å². The first-order valence-corrected chi connectivity index (χ1v) is 10.0. The maximum Gasteiger partial charge on any atom is 0.123 e.